The summed E-state index contributed by atoms with van der Waals surface area (Å²) in [7, 11) is -2.36. The summed E-state index contributed by atoms with van der Waals surface area (Å²) in [4.78, 5) is 18.1. The molecule has 0 bridgehead atoms. The molecule has 18 heavy (non-hydrogen) atoms. The highest BCUT2D eigenvalue weighted by Crippen LogP contribution is 2.41. The fraction of sp³-hybridized carbons (Fsp3) is 0.538. The SMILES string of the molecule is NCc1ccc(OP(O)O)c(C2CCCCC2)c1. The van der Waals surface area contributed by atoms with Crippen LogP contribution in [0.5, 0.6) is 5.75 Å². The summed E-state index contributed by atoms with van der Waals surface area (Å²) in [5, 5.41) is 0. The van der Waals surface area contributed by atoms with Crippen molar-refractivity contribution in [1.29, 1.82) is 0 Å². The van der Waals surface area contributed by atoms with Gasteiger partial charge in [-0.1, -0.05) is 31.4 Å². The van der Waals surface area contributed by atoms with Gasteiger partial charge in [0, 0.05) is 6.54 Å². The van der Waals surface area contributed by atoms with Crippen molar-refractivity contribution in [3.8, 4) is 5.75 Å². The summed E-state index contributed by atoms with van der Waals surface area (Å²) in [6.07, 6.45) is 6.02. The Morgan fingerprint density at radius 2 is 1.94 bits per heavy atom. The van der Waals surface area contributed by atoms with E-state index in [1.165, 1.54) is 19.3 Å². The lowest BCUT2D eigenvalue weighted by Crippen LogP contribution is -2.07. The van der Waals surface area contributed by atoms with Gasteiger partial charge in [0.15, 0.2) is 0 Å². The van der Waals surface area contributed by atoms with E-state index in [9.17, 15) is 0 Å². The minimum Gasteiger partial charge on any atom is -0.427 e. The Labute approximate surface area is 109 Å². The molecular formula is C13H20NO3P. The smallest absolute Gasteiger partial charge is 0.391 e. The molecule has 4 nitrogen and oxygen atoms in total. The largest absolute Gasteiger partial charge is 0.427 e. The van der Waals surface area contributed by atoms with Crippen molar-refractivity contribution in [2.24, 2.45) is 5.73 Å². The molecule has 1 aliphatic carbocycles. The maximum absolute atomic E-state index is 9.03. The van der Waals surface area contributed by atoms with Crippen molar-refractivity contribution < 1.29 is 14.3 Å². The van der Waals surface area contributed by atoms with Crippen LogP contribution in [0.4, 0.5) is 0 Å². The Morgan fingerprint density at radius 3 is 2.56 bits per heavy atom. The minimum atomic E-state index is -2.36. The number of hydrogen-bond acceptors (Lipinski definition) is 4. The van der Waals surface area contributed by atoms with Gasteiger partial charge < -0.3 is 20.0 Å². The second kappa shape index (κ2) is 6.48. The van der Waals surface area contributed by atoms with E-state index in [1.807, 2.05) is 12.1 Å². The Bertz CT molecular complexity index is 392. The summed E-state index contributed by atoms with van der Waals surface area (Å²) in [6, 6.07) is 5.72. The fourth-order valence-corrected chi connectivity index (χ4v) is 2.97. The lowest BCUT2D eigenvalue weighted by molar-refractivity contribution is 0.367. The van der Waals surface area contributed by atoms with Crippen LogP contribution in [0.2, 0.25) is 0 Å². The van der Waals surface area contributed by atoms with Crippen molar-refractivity contribution in [2.45, 2.75) is 44.6 Å². The molecule has 100 valence electrons. The van der Waals surface area contributed by atoms with Gasteiger partial charge in [0.1, 0.15) is 5.75 Å². The zero-order valence-corrected chi connectivity index (χ0v) is 11.3. The second-order valence-electron chi connectivity index (χ2n) is 4.76. The number of rotatable bonds is 4. The normalized spacial score (nSPS) is 17.1. The third kappa shape index (κ3) is 3.42. The topological polar surface area (TPSA) is 75.7 Å². The molecule has 0 aliphatic heterocycles. The molecule has 0 atom stereocenters. The van der Waals surface area contributed by atoms with Crippen LogP contribution < -0.4 is 10.3 Å². The van der Waals surface area contributed by atoms with E-state index in [0.29, 0.717) is 18.2 Å². The van der Waals surface area contributed by atoms with E-state index in [1.54, 1.807) is 6.07 Å². The lowest BCUT2D eigenvalue weighted by Gasteiger charge is -2.24. The van der Waals surface area contributed by atoms with E-state index in [2.05, 4.69) is 0 Å². The van der Waals surface area contributed by atoms with Crippen molar-refractivity contribution in [3.05, 3.63) is 29.3 Å². The van der Waals surface area contributed by atoms with E-state index in [4.69, 9.17) is 20.0 Å². The van der Waals surface area contributed by atoms with Crippen LogP contribution in [-0.4, -0.2) is 9.79 Å². The standard InChI is InChI=1S/C13H20NO3P/c14-9-10-6-7-13(17-18(15)16)12(8-10)11-4-2-1-3-5-11/h6-8,11,15-16H,1-5,9,14H2. The monoisotopic (exact) mass is 269 g/mol. The van der Waals surface area contributed by atoms with Crippen LogP contribution in [0.15, 0.2) is 18.2 Å². The number of nitrogens with two attached hydrogens (primary N) is 1. The lowest BCUT2D eigenvalue weighted by atomic mass is 9.83. The highest BCUT2D eigenvalue weighted by atomic mass is 31.2. The van der Waals surface area contributed by atoms with E-state index in [0.717, 1.165) is 24.0 Å². The van der Waals surface area contributed by atoms with Crippen molar-refractivity contribution in [1.82, 2.24) is 0 Å². The average Bonchev–Trinajstić information content (AvgIpc) is 2.39. The van der Waals surface area contributed by atoms with Crippen LogP contribution in [0.1, 0.15) is 49.1 Å². The van der Waals surface area contributed by atoms with E-state index in [-0.39, 0.29) is 0 Å². The average molecular weight is 269 g/mol. The summed E-state index contributed by atoms with van der Waals surface area (Å²) in [5.41, 5.74) is 7.80. The van der Waals surface area contributed by atoms with Gasteiger partial charge in [-0.15, -0.1) is 0 Å². The van der Waals surface area contributed by atoms with Gasteiger partial charge in [-0.05, 0) is 36.0 Å². The molecule has 1 aromatic rings. The maximum Gasteiger partial charge on any atom is 0.391 e. The van der Waals surface area contributed by atoms with Gasteiger partial charge in [-0.25, -0.2) is 0 Å². The first-order chi connectivity index (χ1) is 8.70. The summed E-state index contributed by atoms with van der Waals surface area (Å²) in [5.74, 6) is 1.05. The first kappa shape index (κ1) is 13.8. The van der Waals surface area contributed by atoms with Crippen LogP contribution in [-0.2, 0) is 6.54 Å². The summed E-state index contributed by atoms with van der Waals surface area (Å²) < 4.78 is 5.13. The molecule has 0 saturated heterocycles. The molecule has 0 heterocycles. The first-order valence-electron chi connectivity index (χ1n) is 6.39. The minimum absolute atomic E-state index is 0.454. The molecule has 2 rings (SSSR count). The zero-order chi connectivity index (χ0) is 13.0. The van der Waals surface area contributed by atoms with Gasteiger partial charge in [-0.2, -0.15) is 0 Å². The summed E-state index contributed by atoms with van der Waals surface area (Å²) in [6.45, 7) is 0.493. The van der Waals surface area contributed by atoms with E-state index >= 15 is 0 Å². The summed E-state index contributed by atoms with van der Waals surface area (Å²) >= 11 is 0. The second-order valence-corrected chi connectivity index (χ2v) is 5.44. The Kier molecular flexibility index (Phi) is 4.95. The molecule has 5 heteroatoms. The predicted molar refractivity (Wildman–Crippen MR) is 72.1 cm³/mol. The third-order valence-corrected chi connectivity index (χ3v) is 3.89. The van der Waals surface area contributed by atoms with Gasteiger partial charge in [-0.3, -0.25) is 0 Å². The van der Waals surface area contributed by atoms with Crippen molar-refractivity contribution in [3.63, 3.8) is 0 Å². The Balaban J connectivity index is 2.27. The number of benzene rings is 1. The number of hydrogen-bond donors (Lipinski definition) is 3. The molecule has 0 amide bonds. The third-order valence-electron chi connectivity index (χ3n) is 3.53. The van der Waals surface area contributed by atoms with Crippen molar-refractivity contribution >= 4 is 8.60 Å². The van der Waals surface area contributed by atoms with Gasteiger partial charge >= 0.3 is 8.60 Å². The first-order valence-corrected chi connectivity index (χ1v) is 7.56. The van der Waals surface area contributed by atoms with Gasteiger partial charge in [0.25, 0.3) is 0 Å². The molecule has 0 radical (unpaired) electrons. The van der Waals surface area contributed by atoms with Gasteiger partial charge in [0.2, 0.25) is 0 Å². The van der Waals surface area contributed by atoms with Crippen LogP contribution in [0.25, 0.3) is 0 Å². The molecule has 4 N–H and O–H groups in total. The molecule has 1 aliphatic rings. The predicted octanol–water partition coefficient (Wildman–Crippen LogP) is 2.78. The van der Waals surface area contributed by atoms with Crippen LogP contribution in [0, 0.1) is 0 Å². The molecule has 1 fully saturated rings. The molecular weight excluding hydrogens is 249 g/mol. The Hall–Kier alpha value is -0.670. The van der Waals surface area contributed by atoms with Crippen molar-refractivity contribution in [2.75, 3.05) is 0 Å². The van der Waals surface area contributed by atoms with Crippen LogP contribution >= 0.6 is 8.60 Å². The Morgan fingerprint density at radius 1 is 1.22 bits per heavy atom. The zero-order valence-electron chi connectivity index (χ0n) is 10.4. The molecule has 1 aromatic carbocycles. The molecule has 0 spiro atoms. The van der Waals surface area contributed by atoms with Crippen LogP contribution in [0.3, 0.4) is 0 Å². The van der Waals surface area contributed by atoms with Gasteiger partial charge in [0.05, 0.1) is 0 Å². The molecule has 1 saturated carbocycles. The quantitative estimate of drug-likeness (QED) is 0.735. The van der Waals surface area contributed by atoms with E-state index < -0.39 is 8.60 Å². The molecule has 0 unspecified atom stereocenters. The fourth-order valence-electron chi connectivity index (χ4n) is 2.63. The highest BCUT2D eigenvalue weighted by molar-refractivity contribution is 7.39. The molecule has 0 aromatic heterocycles. The maximum atomic E-state index is 9.03. The highest BCUT2D eigenvalue weighted by Gasteiger charge is 2.20.